The minimum atomic E-state index is -0.576. The van der Waals surface area contributed by atoms with Crippen LogP contribution in [0.15, 0.2) is 69.9 Å². The highest BCUT2D eigenvalue weighted by molar-refractivity contribution is 14.1. The number of carbonyl (C=O) groups is 1. The van der Waals surface area contributed by atoms with E-state index in [0.717, 1.165) is 9.13 Å². The molecule has 0 aliphatic carbocycles. The standard InChI is InChI=1S/C23H17IN2O7/c1-2-30-20-12-15(11-18-23(27)33-22(25-18)19-4-3-9-31-19)10-17(24)21(20)32-13-14-5-7-16(8-6-14)26(28)29/h3-12H,2,13H2,1H3/b18-11-. The molecule has 0 saturated heterocycles. The molecule has 2 heterocycles. The fourth-order valence-electron chi connectivity index (χ4n) is 3.02. The van der Waals surface area contributed by atoms with Crippen molar-refractivity contribution in [2.75, 3.05) is 6.61 Å². The van der Waals surface area contributed by atoms with Crippen LogP contribution in [0.25, 0.3) is 6.08 Å². The lowest BCUT2D eigenvalue weighted by Crippen LogP contribution is -2.04. The van der Waals surface area contributed by atoms with Crippen molar-refractivity contribution in [2.45, 2.75) is 13.5 Å². The highest BCUT2D eigenvalue weighted by atomic mass is 127. The van der Waals surface area contributed by atoms with Crippen LogP contribution in [0.4, 0.5) is 5.69 Å². The third-order valence-electron chi connectivity index (χ3n) is 4.52. The molecule has 0 spiro atoms. The number of nitro benzene ring substituents is 1. The van der Waals surface area contributed by atoms with Crippen LogP contribution in [0, 0.1) is 13.7 Å². The molecule has 0 amide bonds. The van der Waals surface area contributed by atoms with Crippen LogP contribution >= 0.6 is 22.6 Å². The van der Waals surface area contributed by atoms with Crippen molar-refractivity contribution in [3.63, 3.8) is 0 Å². The normalized spacial score (nSPS) is 14.2. The summed E-state index contributed by atoms with van der Waals surface area (Å²) in [5.74, 6) is 0.935. The average molecular weight is 560 g/mol. The summed E-state index contributed by atoms with van der Waals surface area (Å²) in [5, 5.41) is 10.8. The Kier molecular flexibility index (Phi) is 6.73. The molecule has 0 atom stereocenters. The van der Waals surface area contributed by atoms with Gasteiger partial charge in [0.25, 0.3) is 11.6 Å². The summed E-state index contributed by atoms with van der Waals surface area (Å²) in [6.07, 6.45) is 3.07. The van der Waals surface area contributed by atoms with Gasteiger partial charge in [-0.15, -0.1) is 0 Å². The number of cyclic esters (lactones) is 1. The molecule has 2 aromatic carbocycles. The number of non-ortho nitro benzene ring substituents is 1. The molecule has 0 saturated carbocycles. The molecule has 10 heteroatoms. The minimum Gasteiger partial charge on any atom is -0.490 e. The van der Waals surface area contributed by atoms with Gasteiger partial charge in [0.1, 0.15) is 6.61 Å². The Balaban J connectivity index is 1.57. The zero-order chi connectivity index (χ0) is 23.4. The van der Waals surface area contributed by atoms with E-state index >= 15 is 0 Å². The van der Waals surface area contributed by atoms with E-state index in [1.165, 1.54) is 18.4 Å². The van der Waals surface area contributed by atoms with E-state index in [0.29, 0.717) is 29.4 Å². The topological polar surface area (TPSA) is 113 Å². The van der Waals surface area contributed by atoms with Gasteiger partial charge in [-0.05, 0) is 83.1 Å². The number of aliphatic imine (C=N–C) groups is 1. The molecule has 0 radical (unpaired) electrons. The van der Waals surface area contributed by atoms with Gasteiger partial charge < -0.3 is 18.6 Å². The Morgan fingerprint density at radius 2 is 1.97 bits per heavy atom. The first kappa shape index (κ1) is 22.5. The molecular formula is C23H17IN2O7. The van der Waals surface area contributed by atoms with Crippen LogP contribution in [0.2, 0.25) is 0 Å². The van der Waals surface area contributed by atoms with E-state index in [9.17, 15) is 14.9 Å². The lowest BCUT2D eigenvalue weighted by atomic mass is 10.1. The van der Waals surface area contributed by atoms with Crippen molar-refractivity contribution >= 4 is 46.2 Å². The fourth-order valence-corrected chi connectivity index (χ4v) is 3.80. The summed E-state index contributed by atoms with van der Waals surface area (Å²) in [7, 11) is 0. The Morgan fingerprint density at radius 3 is 2.64 bits per heavy atom. The average Bonchev–Trinajstić information content (AvgIpc) is 3.44. The Morgan fingerprint density at radius 1 is 1.18 bits per heavy atom. The molecule has 4 rings (SSSR count). The predicted octanol–water partition coefficient (Wildman–Crippen LogP) is 5.11. The van der Waals surface area contributed by atoms with Gasteiger partial charge >= 0.3 is 5.97 Å². The number of hydrogen-bond acceptors (Lipinski definition) is 8. The number of rotatable bonds is 8. The molecule has 33 heavy (non-hydrogen) atoms. The molecule has 0 fully saturated rings. The number of hydrogen-bond donors (Lipinski definition) is 0. The predicted molar refractivity (Wildman–Crippen MR) is 127 cm³/mol. The number of esters is 1. The molecule has 0 unspecified atom stereocenters. The number of ether oxygens (including phenoxy) is 3. The summed E-state index contributed by atoms with van der Waals surface area (Å²) in [6, 6.07) is 13.1. The maximum absolute atomic E-state index is 12.2. The second-order valence-electron chi connectivity index (χ2n) is 6.79. The van der Waals surface area contributed by atoms with Gasteiger partial charge in [0.15, 0.2) is 23.0 Å². The quantitative estimate of drug-likeness (QED) is 0.124. The van der Waals surface area contributed by atoms with Crippen LogP contribution in [-0.2, 0) is 16.1 Å². The smallest absolute Gasteiger partial charge is 0.363 e. The van der Waals surface area contributed by atoms with E-state index in [2.05, 4.69) is 27.6 Å². The van der Waals surface area contributed by atoms with Crippen molar-refractivity contribution < 1.29 is 28.3 Å². The number of furan rings is 1. The second-order valence-corrected chi connectivity index (χ2v) is 7.95. The highest BCUT2D eigenvalue weighted by Crippen LogP contribution is 2.36. The zero-order valence-electron chi connectivity index (χ0n) is 17.3. The van der Waals surface area contributed by atoms with Gasteiger partial charge in [0, 0.05) is 12.1 Å². The van der Waals surface area contributed by atoms with Gasteiger partial charge in [-0.2, -0.15) is 0 Å². The number of benzene rings is 2. The second kappa shape index (κ2) is 9.86. The van der Waals surface area contributed by atoms with Crippen LogP contribution in [0.5, 0.6) is 11.5 Å². The highest BCUT2D eigenvalue weighted by Gasteiger charge is 2.26. The maximum atomic E-state index is 12.2. The van der Waals surface area contributed by atoms with Gasteiger partial charge in [0.05, 0.1) is 21.4 Å². The minimum absolute atomic E-state index is 0.0176. The number of carbonyl (C=O) groups excluding carboxylic acids is 1. The Bertz CT molecular complexity index is 1250. The van der Waals surface area contributed by atoms with E-state index in [1.807, 2.05) is 13.0 Å². The molecule has 168 valence electrons. The zero-order valence-corrected chi connectivity index (χ0v) is 19.5. The number of nitro groups is 1. The van der Waals surface area contributed by atoms with E-state index in [-0.39, 0.29) is 23.9 Å². The van der Waals surface area contributed by atoms with Crippen molar-refractivity contribution in [3.05, 3.63) is 91.1 Å². The molecule has 0 bridgehead atoms. The monoisotopic (exact) mass is 560 g/mol. The van der Waals surface area contributed by atoms with Crippen molar-refractivity contribution in [1.29, 1.82) is 0 Å². The van der Waals surface area contributed by atoms with Gasteiger partial charge in [0.2, 0.25) is 0 Å². The van der Waals surface area contributed by atoms with Crippen LogP contribution in [0.1, 0.15) is 23.8 Å². The Labute approximate surface area is 202 Å². The van der Waals surface area contributed by atoms with Gasteiger partial charge in [-0.3, -0.25) is 10.1 Å². The first-order chi connectivity index (χ1) is 15.9. The van der Waals surface area contributed by atoms with Crippen molar-refractivity contribution in [2.24, 2.45) is 4.99 Å². The van der Waals surface area contributed by atoms with Crippen LogP contribution < -0.4 is 9.47 Å². The number of halogens is 1. The van der Waals surface area contributed by atoms with Crippen molar-refractivity contribution in [3.8, 4) is 11.5 Å². The summed E-state index contributed by atoms with van der Waals surface area (Å²) in [6.45, 7) is 2.47. The van der Waals surface area contributed by atoms with Gasteiger partial charge in [-0.25, -0.2) is 9.79 Å². The van der Waals surface area contributed by atoms with Gasteiger partial charge in [-0.1, -0.05) is 0 Å². The first-order valence-corrected chi connectivity index (χ1v) is 10.9. The maximum Gasteiger partial charge on any atom is 0.363 e. The third kappa shape index (κ3) is 5.22. The van der Waals surface area contributed by atoms with E-state index in [1.54, 1.807) is 36.4 Å². The lowest BCUT2D eigenvalue weighted by Gasteiger charge is -2.15. The summed E-state index contributed by atoms with van der Waals surface area (Å²) >= 11 is 2.12. The van der Waals surface area contributed by atoms with Crippen molar-refractivity contribution in [1.82, 2.24) is 0 Å². The molecule has 1 aromatic heterocycles. The molecule has 0 N–H and O–H groups in total. The number of nitrogens with zero attached hydrogens (tertiary/aromatic N) is 2. The largest absolute Gasteiger partial charge is 0.490 e. The Hall–Kier alpha value is -3.67. The summed E-state index contributed by atoms with van der Waals surface area (Å²) < 4.78 is 22.9. The first-order valence-electron chi connectivity index (χ1n) is 9.83. The summed E-state index contributed by atoms with van der Waals surface area (Å²) in [5.41, 5.74) is 1.61. The van der Waals surface area contributed by atoms with Crippen LogP contribution in [-0.4, -0.2) is 23.4 Å². The molecule has 1 aliphatic rings. The summed E-state index contributed by atoms with van der Waals surface area (Å²) in [4.78, 5) is 26.8. The lowest BCUT2D eigenvalue weighted by molar-refractivity contribution is -0.384. The SMILES string of the molecule is CCOc1cc(/C=C2\N=C(c3ccco3)OC2=O)cc(I)c1OCc1ccc([N+](=O)[O-])cc1. The molecule has 9 nitrogen and oxygen atoms in total. The van der Waals surface area contributed by atoms with E-state index in [4.69, 9.17) is 18.6 Å². The van der Waals surface area contributed by atoms with Crippen LogP contribution in [0.3, 0.4) is 0 Å². The third-order valence-corrected chi connectivity index (χ3v) is 5.32. The molecular weight excluding hydrogens is 543 g/mol. The van der Waals surface area contributed by atoms with E-state index < -0.39 is 10.9 Å². The molecule has 3 aromatic rings. The fraction of sp³-hybridized carbons (Fsp3) is 0.130. The molecule has 1 aliphatic heterocycles.